The molecule has 1 aromatic heterocycles. The maximum absolute atomic E-state index is 14.7. The van der Waals surface area contributed by atoms with E-state index in [1.165, 1.54) is 30.6 Å². The summed E-state index contributed by atoms with van der Waals surface area (Å²) in [6.07, 6.45) is 7.03. The Morgan fingerprint density at radius 2 is 1.58 bits per heavy atom. The molecule has 6 rings (SSSR count). The van der Waals surface area contributed by atoms with Crippen LogP contribution in [0, 0.1) is 35.5 Å². The van der Waals surface area contributed by atoms with Crippen molar-refractivity contribution in [2.75, 3.05) is 66.5 Å². The van der Waals surface area contributed by atoms with E-state index in [9.17, 15) is 47.9 Å². The monoisotopic (exact) mass is 1270 g/mol. The number of likely N-dealkylation sites (tertiary alicyclic amines) is 2. The van der Waals surface area contributed by atoms with Crippen molar-refractivity contribution in [2.24, 2.45) is 41.2 Å². The quantitative estimate of drug-likeness (QED) is 0.0383. The molecule has 26 heteroatoms. The zero-order valence-electron chi connectivity index (χ0n) is 54.5. The van der Waals surface area contributed by atoms with Gasteiger partial charge in [0.25, 0.3) is 11.8 Å². The molecule has 1 saturated carbocycles. The number of anilines is 1. The minimum Gasteiger partial charge on any atom is -0.379 e. The van der Waals surface area contributed by atoms with Crippen LogP contribution in [0.4, 0.5) is 10.5 Å². The fraction of sp³-hybridized carbons (Fsp3) is 0.672. The number of methoxy groups -OCH3 is 2. The number of ether oxygens (including phenoxy) is 3. The number of amides is 11. The van der Waals surface area contributed by atoms with Gasteiger partial charge in [0.2, 0.25) is 41.4 Å². The summed E-state index contributed by atoms with van der Waals surface area (Å²) < 4.78 is 17.8. The molecule has 2 aromatic rings. The van der Waals surface area contributed by atoms with Crippen LogP contribution in [0.2, 0.25) is 0 Å². The minimum absolute atomic E-state index is 0.0154. The number of likely N-dealkylation sites (N-methyl/N-ethyl adjacent to an activating group) is 2. The summed E-state index contributed by atoms with van der Waals surface area (Å²) in [5.74, 6) is -4.27. The highest BCUT2D eigenvalue weighted by Crippen LogP contribution is 2.46. The number of benzene rings is 1. The summed E-state index contributed by atoms with van der Waals surface area (Å²) in [4.78, 5) is 145. The van der Waals surface area contributed by atoms with Gasteiger partial charge in [-0.1, -0.05) is 73.9 Å². The molecule has 25 nitrogen and oxygen atoms in total. The molecule has 11 amide bonds. The summed E-state index contributed by atoms with van der Waals surface area (Å²) in [6.45, 7) is 15.9. The van der Waals surface area contributed by atoms with Gasteiger partial charge >= 0.3 is 6.03 Å². The molecule has 0 spiro atoms. The number of rotatable bonds is 35. The second-order valence-corrected chi connectivity index (χ2v) is 26.2. The number of hydrogen-bond acceptors (Lipinski definition) is 16. The van der Waals surface area contributed by atoms with Crippen LogP contribution in [0.5, 0.6) is 0 Å². The number of nitrogens with two attached hydrogens (primary N) is 1. The number of fused-ring (bicyclic) bond motifs is 2. The Bertz CT molecular complexity index is 2820. The van der Waals surface area contributed by atoms with E-state index >= 15 is 0 Å². The fourth-order valence-corrected chi connectivity index (χ4v) is 14.1. The predicted octanol–water partition coefficient (Wildman–Crippen LogP) is 3.68. The number of carbonyl (C=O) groups is 10. The third-order valence-corrected chi connectivity index (χ3v) is 19.5. The number of hydrogen-bond donors (Lipinski definition) is 7. The van der Waals surface area contributed by atoms with E-state index < -0.39 is 95.9 Å². The molecular formula is C64H98N12O13S. The molecule has 2 saturated heterocycles. The Labute approximate surface area is 533 Å². The number of piperidine rings is 1. The summed E-state index contributed by atoms with van der Waals surface area (Å²) >= 11 is 1.36. The van der Waals surface area contributed by atoms with E-state index in [4.69, 9.17) is 19.9 Å². The van der Waals surface area contributed by atoms with E-state index in [0.717, 1.165) is 23.3 Å². The van der Waals surface area contributed by atoms with Gasteiger partial charge < -0.3 is 61.6 Å². The first kappa shape index (κ1) is 72.2. The normalized spacial score (nSPS) is 21.9. The van der Waals surface area contributed by atoms with Crippen LogP contribution in [-0.4, -0.2) is 199 Å². The summed E-state index contributed by atoms with van der Waals surface area (Å²) in [6, 6.07) is 1.78. The van der Waals surface area contributed by atoms with Crippen LogP contribution in [0.1, 0.15) is 130 Å². The lowest BCUT2D eigenvalue weighted by Crippen LogP contribution is -2.60. The fourth-order valence-electron chi connectivity index (χ4n) is 13.4. The van der Waals surface area contributed by atoms with E-state index in [0.29, 0.717) is 48.5 Å². The van der Waals surface area contributed by atoms with Gasteiger partial charge in [0.15, 0.2) is 0 Å². The molecule has 8 N–H and O–H groups in total. The van der Waals surface area contributed by atoms with E-state index in [-0.39, 0.29) is 106 Å². The number of imide groups is 1. The largest absolute Gasteiger partial charge is 0.379 e. The van der Waals surface area contributed by atoms with E-state index in [1.54, 1.807) is 69.1 Å². The Hall–Kier alpha value is -6.87. The Balaban J connectivity index is 1.09. The molecule has 0 radical (unpaired) electrons. The van der Waals surface area contributed by atoms with Crippen LogP contribution in [0.15, 0.2) is 48.0 Å². The first-order chi connectivity index (χ1) is 42.8. The minimum atomic E-state index is -1.13. The van der Waals surface area contributed by atoms with Gasteiger partial charge in [-0.2, -0.15) is 0 Å². The molecule has 14 atom stereocenters. The molecule has 498 valence electrons. The van der Waals surface area contributed by atoms with Gasteiger partial charge in [0.05, 0.1) is 68.5 Å². The predicted molar refractivity (Wildman–Crippen MR) is 339 cm³/mol. The van der Waals surface area contributed by atoms with Crippen molar-refractivity contribution in [3.63, 3.8) is 0 Å². The van der Waals surface area contributed by atoms with Crippen molar-refractivity contribution in [1.29, 1.82) is 0 Å². The van der Waals surface area contributed by atoms with Gasteiger partial charge in [0.1, 0.15) is 23.1 Å². The van der Waals surface area contributed by atoms with Gasteiger partial charge in [-0.15, -0.1) is 11.3 Å². The molecule has 90 heavy (non-hydrogen) atoms. The topological polar surface area (TPSA) is 322 Å². The van der Waals surface area contributed by atoms with Gasteiger partial charge in [-0.3, -0.25) is 53.0 Å². The van der Waals surface area contributed by atoms with Crippen molar-refractivity contribution in [1.82, 2.24) is 51.2 Å². The molecule has 1 aromatic carbocycles. The number of primary amides is 1. The number of thiazole rings is 1. The van der Waals surface area contributed by atoms with Crippen LogP contribution < -0.4 is 37.6 Å². The van der Waals surface area contributed by atoms with Gasteiger partial charge in [0, 0.05) is 76.2 Å². The molecule has 4 heterocycles. The molecule has 3 fully saturated rings. The number of nitrogens with zero attached hydrogens (tertiary/aromatic N) is 5. The highest BCUT2D eigenvalue weighted by molar-refractivity contribution is 7.09. The average molecular weight is 1280 g/mol. The zero-order chi connectivity index (χ0) is 66.1. The lowest BCUT2D eigenvalue weighted by atomic mass is 9.89. The molecule has 2 bridgehead atoms. The van der Waals surface area contributed by atoms with Crippen molar-refractivity contribution in [3.05, 3.63) is 58.6 Å². The average Bonchev–Trinajstić information content (AvgIpc) is 2.27. The molecule has 1 unspecified atom stereocenters. The van der Waals surface area contributed by atoms with Gasteiger partial charge in [-0.25, -0.2) is 9.78 Å². The van der Waals surface area contributed by atoms with E-state index in [1.807, 2.05) is 46.2 Å². The number of aromatic nitrogens is 1. The second kappa shape index (κ2) is 34.0. The number of urea groups is 1. The lowest BCUT2D eigenvalue weighted by Gasteiger charge is -2.41. The van der Waals surface area contributed by atoms with Crippen molar-refractivity contribution >= 4 is 76.2 Å². The Morgan fingerprint density at radius 3 is 2.19 bits per heavy atom. The SMILES string of the molecule is CC[C@H](C)[C@@H]([C@@H](CC(=O)N1CCC[C@H]1[C@H](OC)[C@@H](C)C(=O)N[C@@H](Cc1cccc(NC(=O)[C@H](CCCNC(N)=O)NC(=O)[C@@H](NC(=O)CCOCCN2C(=O)C=CC2=O)C(C)C)c1)c1nccs1)OC)N(C)C(=O)[C@@H](NC(=O)[C@@H]1C2CC[C@@H]([C@H]2C)N1C)C(C)C. The smallest absolute Gasteiger partial charge is 0.312 e. The van der Waals surface area contributed by atoms with Crippen molar-refractivity contribution in [2.45, 2.75) is 180 Å². The number of nitrogens with one attached hydrogen (secondary N) is 6. The molecule has 3 aliphatic heterocycles. The number of carbonyl (C=O) groups excluding carboxylic acids is 10. The molecule has 1 aliphatic carbocycles. The highest BCUT2D eigenvalue weighted by atomic mass is 32.1. The summed E-state index contributed by atoms with van der Waals surface area (Å²) in [5.41, 5.74) is 6.40. The molecule has 4 aliphatic rings. The maximum Gasteiger partial charge on any atom is 0.312 e. The van der Waals surface area contributed by atoms with Crippen LogP contribution in [0.25, 0.3) is 0 Å². The van der Waals surface area contributed by atoms with Crippen molar-refractivity contribution in [3.8, 4) is 0 Å². The third-order valence-electron chi connectivity index (χ3n) is 18.6. The Morgan fingerprint density at radius 1 is 0.867 bits per heavy atom. The third kappa shape index (κ3) is 18.6. The highest BCUT2D eigenvalue weighted by Gasteiger charge is 2.53. The summed E-state index contributed by atoms with van der Waals surface area (Å²) in [5, 5.41) is 19.7. The standard InChI is InChI=1S/C64H98N12O13S/c1-13-38(6)55(74(10)63(85)54(37(4)5)72-61(84)56-43-21-22-46(39(43)7)73(56)9)48(87-11)35-52(80)75-28-16-20-47(75)57(88-12)40(8)58(81)70-45(62-66-27-32-90-62)34-41-17-14-18-42(33-41)68-59(82)44(19-15-26-67-64(65)86)69-60(83)53(36(2)3)71-49(77)25-30-89-31-29-76-50(78)23-24-51(76)79/h14,17-18,23-24,27,32-33,36-40,43-48,53-57H,13,15-16,19-22,25-26,28-31,34-35H2,1-12H3,(H,68,82)(H,69,83)(H,70,81)(H,71,77)(H,72,84)(H3,65,67,86)/t38-,39-,40+,43?,44-,45-,46-,47-,48+,53-,54-,55-,56-,57+/m0/s1. The maximum atomic E-state index is 14.7. The molecular weight excluding hydrogens is 1180 g/mol. The lowest BCUT2D eigenvalue weighted by molar-refractivity contribution is -0.148. The zero-order valence-corrected chi connectivity index (χ0v) is 55.3. The second-order valence-electron chi connectivity index (χ2n) is 25.2. The Kier molecular flexibility index (Phi) is 27.3. The van der Waals surface area contributed by atoms with Crippen LogP contribution >= 0.6 is 11.3 Å². The van der Waals surface area contributed by atoms with Crippen LogP contribution in [0.3, 0.4) is 0 Å². The van der Waals surface area contributed by atoms with Crippen molar-refractivity contribution < 1.29 is 62.2 Å². The van der Waals surface area contributed by atoms with E-state index in [2.05, 4.69) is 48.7 Å². The first-order valence-corrected chi connectivity index (χ1v) is 32.7. The summed E-state index contributed by atoms with van der Waals surface area (Å²) in [7, 11) is 6.83. The first-order valence-electron chi connectivity index (χ1n) is 31.8. The van der Waals surface area contributed by atoms with Gasteiger partial charge in [-0.05, 0) is 99.3 Å². The van der Waals surface area contributed by atoms with Crippen LogP contribution in [-0.2, 0) is 63.8 Å².